The minimum Gasteiger partial charge on any atom is -0.383 e. The maximum Gasteiger partial charge on any atom is 0.243 e. The molecule has 0 aliphatic rings. The van der Waals surface area contributed by atoms with Gasteiger partial charge < -0.3 is 20.3 Å². The van der Waals surface area contributed by atoms with Crippen molar-refractivity contribution in [3.63, 3.8) is 0 Å². The summed E-state index contributed by atoms with van der Waals surface area (Å²) in [4.78, 5) is 17.6. The van der Waals surface area contributed by atoms with E-state index < -0.39 is 0 Å². The SMILES string of the molecule is COCCNC(=NCC(=O)N(C)C)NCC(C)(C)c1ccc(F)cc1Cl.I. The number of likely N-dealkylation sites (N-methyl/N-ethyl adjacent to an activating group) is 1. The Bertz CT molecular complexity index is 642. The third-order valence-electron chi connectivity index (χ3n) is 3.83. The quantitative estimate of drug-likeness (QED) is 0.242. The van der Waals surface area contributed by atoms with Crippen LogP contribution in [0.25, 0.3) is 0 Å². The highest BCUT2D eigenvalue weighted by Crippen LogP contribution is 2.29. The van der Waals surface area contributed by atoms with Crippen LogP contribution in [0.1, 0.15) is 19.4 Å². The largest absolute Gasteiger partial charge is 0.383 e. The standard InChI is InChI=1S/C18H28ClFN4O2.HI/c1-18(2,14-7-6-13(20)10-15(14)19)12-23-17(21-8-9-26-5)22-11-16(25)24(3)4;/h6-7,10H,8-9,11-12H2,1-5H3,(H2,21,22,23);1H. The van der Waals surface area contributed by atoms with Crippen molar-refractivity contribution in [1.82, 2.24) is 15.5 Å². The third-order valence-corrected chi connectivity index (χ3v) is 4.14. The highest BCUT2D eigenvalue weighted by Gasteiger charge is 2.24. The molecule has 2 N–H and O–H groups in total. The van der Waals surface area contributed by atoms with Crippen molar-refractivity contribution >= 4 is 47.4 Å². The molecule has 0 unspecified atom stereocenters. The van der Waals surface area contributed by atoms with Gasteiger partial charge in [0.15, 0.2) is 5.96 Å². The van der Waals surface area contributed by atoms with Gasteiger partial charge in [-0.1, -0.05) is 31.5 Å². The summed E-state index contributed by atoms with van der Waals surface area (Å²) in [6.45, 7) is 5.58. The van der Waals surface area contributed by atoms with Crippen LogP contribution in [0.2, 0.25) is 5.02 Å². The molecule has 0 aliphatic carbocycles. The van der Waals surface area contributed by atoms with Gasteiger partial charge in [0.2, 0.25) is 5.91 Å². The minimum absolute atomic E-state index is 0. The molecule has 1 aromatic rings. The topological polar surface area (TPSA) is 66.0 Å². The molecule has 0 radical (unpaired) electrons. The molecule has 0 aliphatic heterocycles. The monoisotopic (exact) mass is 514 g/mol. The Morgan fingerprint density at radius 2 is 2.00 bits per heavy atom. The molecule has 0 saturated carbocycles. The van der Waals surface area contributed by atoms with Crippen molar-refractivity contribution in [1.29, 1.82) is 0 Å². The van der Waals surface area contributed by atoms with E-state index in [2.05, 4.69) is 15.6 Å². The molecule has 0 bridgehead atoms. The number of hydrogen-bond donors (Lipinski definition) is 2. The summed E-state index contributed by atoms with van der Waals surface area (Å²) in [5.74, 6) is 0.0374. The van der Waals surface area contributed by atoms with Crippen LogP contribution in [-0.2, 0) is 14.9 Å². The number of aliphatic imine (C=N–C) groups is 1. The van der Waals surface area contributed by atoms with Gasteiger partial charge >= 0.3 is 0 Å². The fourth-order valence-corrected chi connectivity index (χ4v) is 2.60. The molecule has 0 fully saturated rings. The number of nitrogens with one attached hydrogen (secondary N) is 2. The molecule has 9 heteroatoms. The molecule has 1 rings (SSSR count). The lowest BCUT2D eigenvalue weighted by atomic mass is 9.84. The zero-order valence-corrected chi connectivity index (χ0v) is 19.5. The molecule has 0 saturated heterocycles. The van der Waals surface area contributed by atoms with E-state index in [0.717, 1.165) is 5.56 Å². The second-order valence-corrected chi connectivity index (χ2v) is 7.14. The normalized spacial score (nSPS) is 11.6. The van der Waals surface area contributed by atoms with E-state index >= 15 is 0 Å². The van der Waals surface area contributed by atoms with Crippen molar-refractivity contribution in [2.75, 3.05) is 47.4 Å². The molecule has 0 heterocycles. The van der Waals surface area contributed by atoms with Gasteiger partial charge in [-0.15, -0.1) is 24.0 Å². The number of nitrogens with zero attached hydrogens (tertiary/aromatic N) is 2. The average Bonchev–Trinajstić information content (AvgIpc) is 2.56. The number of carbonyl (C=O) groups excluding carboxylic acids is 1. The minimum atomic E-state index is -0.375. The molecule has 0 aromatic heterocycles. The molecule has 1 amide bonds. The smallest absolute Gasteiger partial charge is 0.243 e. The van der Waals surface area contributed by atoms with Gasteiger partial charge in [-0.2, -0.15) is 0 Å². The lowest BCUT2D eigenvalue weighted by Gasteiger charge is -2.28. The van der Waals surface area contributed by atoms with Crippen LogP contribution in [0.15, 0.2) is 23.2 Å². The van der Waals surface area contributed by atoms with Gasteiger partial charge in [0.05, 0.1) is 6.61 Å². The number of rotatable bonds is 8. The van der Waals surface area contributed by atoms with Gasteiger partial charge in [0.1, 0.15) is 12.4 Å². The summed E-state index contributed by atoms with van der Waals surface area (Å²) < 4.78 is 18.3. The zero-order chi connectivity index (χ0) is 19.7. The Morgan fingerprint density at radius 1 is 1.33 bits per heavy atom. The molecule has 1 aromatic carbocycles. The van der Waals surface area contributed by atoms with Crippen LogP contribution in [-0.4, -0.2) is 64.2 Å². The lowest BCUT2D eigenvalue weighted by molar-refractivity contribution is -0.127. The van der Waals surface area contributed by atoms with E-state index in [9.17, 15) is 9.18 Å². The number of methoxy groups -OCH3 is 1. The average molecular weight is 515 g/mol. The maximum atomic E-state index is 13.3. The Balaban J connectivity index is 0.00000676. The molecule has 6 nitrogen and oxygen atoms in total. The predicted molar refractivity (Wildman–Crippen MR) is 119 cm³/mol. The number of benzene rings is 1. The highest BCUT2D eigenvalue weighted by molar-refractivity contribution is 14.0. The Labute approximate surface area is 182 Å². The first-order valence-corrected chi connectivity index (χ1v) is 8.72. The summed E-state index contributed by atoms with van der Waals surface area (Å²) in [6.07, 6.45) is 0. The van der Waals surface area contributed by atoms with Crippen molar-refractivity contribution in [3.05, 3.63) is 34.6 Å². The summed E-state index contributed by atoms with van der Waals surface area (Å²) in [5.41, 5.74) is 0.453. The predicted octanol–water partition coefficient (Wildman–Crippen LogP) is 2.64. The molecular formula is C18H29ClFIN4O2. The van der Waals surface area contributed by atoms with E-state index in [1.54, 1.807) is 27.3 Å². The van der Waals surface area contributed by atoms with Gasteiger partial charge in [0.25, 0.3) is 0 Å². The van der Waals surface area contributed by atoms with Crippen molar-refractivity contribution in [2.24, 2.45) is 4.99 Å². The first-order chi connectivity index (χ1) is 12.2. The summed E-state index contributed by atoms with van der Waals surface area (Å²) >= 11 is 6.19. The van der Waals surface area contributed by atoms with Crippen LogP contribution < -0.4 is 10.6 Å². The van der Waals surface area contributed by atoms with Gasteiger partial charge in [-0.25, -0.2) is 9.38 Å². The van der Waals surface area contributed by atoms with E-state index in [4.69, 9.17) is 16.3 Å². The lowest BCUT2D eigenvalue weighted by Crippen LogP contribution is -2.45. The Morgan fingerprint density at radius 3 is 2.56 bits per heavy atom. The van der Waals surface area contributed by atoms with Crippen LogP contribution in [0.4, 0.5) is 4.39 Å². The number of ether oxygens (including phenoxy) is 1. The fraction of sp³-hybridized carbons (Fsp3) is 0.556. The summed E-state index contributed by atoms with van der Waals surface area (Å²) in [5, 5.41) is 6.71. The van der Waals surface area contributed by atoms with Gasteiger partial charge in [-0.05, 0) is 17.7 Å². The second-order valence-electron chi connectivity index (χ2n) is 6.73. The van der Waals surface area contributed by atoms with E-state index in [1.807, 2.05) is 13.8 Å². The zero-order valence-electron chi connectivity index (χ0n) is 16.4. The first kappa shape index (κ1) is 25.9. The number of halogens is 3. The maximum absolute atomic E-state index is 13.3. The molecular weight excluding hydrogens is 486 g/mol. The van der Waals surface area contributed by atoms with Crippen molar-refractivity contribution in [2.45, 2.75) is 19.3 Å². The molecule has 154 valence electrons. The number of amides is 1. The first-order valence-electron chi connectivity index (χ1n) is 8.34. The molecule has 0 spiro atoms. The van der Waals surface area contributed by atoms with Crippen LogP contribution in [0.5, 0.6) is 0 Å². The summed E-state index contributed by atoms with van der Waals surface area (Å²) in [7, 11) is 4.98. The molecule has 0 atom stereocenters. The number of carbonyl (C=O) groups is 1. The highest BCUT2D eigenvalue weighted by atomic mass is 127. The Hall–Kier alpha value is -1.13. The Kier molecular flexibility index (Phi) is 11.8. The van der Waals surface area contributed by atoms with Crippen molar-refractivity contribution < 1.29 is 13.9 Å². The van der Waals surface area contributed by atoms with E-state index in [1.165, 1.54) is 17.0 Å². The second kappa shape index (κ2) is 12.4. The van der Waals surface area contributed by atoms with Crippen LogP contribution in [0.3, 0.4) is 0 Å². The van der Waals surface area contributed by atoms with Crippen LogP contribution >= 0.6 is 35.6 Å². The summed E-state index contributed by atoms with van der Waals surface area (Å²) in [6, 6.07) is 4.38. The van der Waals surface area contributed by atoms with Gasteiger partial charge in [-0.3, -0.25) is 4.79 Å². The number of guanidine groups is 1. The van der Waals surface area contributed by atoms with E-state index in [-0.39, 0.29) is 47.7 Å². The fourth-order valence-electron chi connectivity index (χ4n) is 2.17. The van der Waals surface area contributed by atoms with Gasteiger partial charge in [0, 0.05) is 44.7 Å². The molecule has 27 heavy (non-hydrogen) atoms. The third kappa shape index (κ3) is 9.07. The van der Waals surface area contributed by atoms with Crippen LogP contribution in [0, 0.1) is 5.82 Å². The van der Waals surface area contributed by atoms with E-state index in [0.29, 0.717) is 30.7 Å². The van der Waals surface area contributed by atoms with Crippen molar-refractivity contribution in [3.8, 4) is 0 Å². The number of hydrogen-bond acceptors (Lipinski definition) is 3.